The molecule has 0 bridgehead atoms. The largest absolute Gasteiger partial charge is 0.497 e. The molecular formula is C37H39IN6O5S. The number of sulfonamides is 1. The molecule has 5 rings (SSSR count). The summed E-state index contributed by atoms with van der Waals surface area (Å²) >= 11 is 2.28. The summed E-state index contributed by atoms with van der Waals surface area (Å²) in [6, 6.07) is 26.7. The number of fused-ring (bicyclic) bond motifs is 1. The quantitative estimate of drug-likeness (QED) is 0.0533. The molecule has 4 aromatic carbocycles. The number of anilines is 1. The van der Waals surface area contributed by atoms with E-state index in [-0.39, 0.29) is 36.2 Å². The van der Waals surface area contributed by atoms with Crippen molar-refractivity contribution in [2.24, 2.45) is 10.2 Å². The van der Waals surface area contributed by atoms with Crippen LogP contribution in [0.2, 0.25) is 0 Å². The SMILES string of the molecule is COc1ccc2c(c1)c(CC(=O)NCCCNS(=O)(=O)c1ccc(N=Nc3ccc(N(C)C)cc3)cc1)c(C)n2C(=O)c1ccc(CI)cc1. The van der Waals surface area contributed by atoms with E-state index in [1.165, 1.54) is 12.1 Å². The summed E-state index contributed by atoms with van der Waals surface area (Å²) in [6.45, 7) is 2.23. The number of carbonyl (C=O) groups excluding carboxylic acids is 2. The monoisotopic (exact) mass is 806 g/mol. The highest BCUT2D eigenvalue weighted by atomic mass is 127. The summed E-state index contributed by atoms with van der Waals surface area (Å²) in [7, 11) is 1.72. The molecule has 0 aliphatic rings. The van der Waals surface area contributed by atoms with Gasteiger partial charge in [-0.1, -0.05) is 34.7 Å². The van der Waals surface area contributed by atoms with E-state index >= 15 is 0 Å². The third kappa shape index (κ3) is 8.76. The van der Waals surface area contributed by atoms with Crippen LogP contribution in [0.25, 0.3) is 10.9 Å². The maximum absolute atomic E-state index is 13.7. The second-order valence-electron chi connectivity index (χ2n) is 11.8. The van der Waals surface area contributed by atoms with Gasteiger partial charge in [-0.15, -0.1) is 0 Å². The first-order valence-electron chi connectivity index (χ1n) is 15.9. The van der Waals surface area contributed by atoms with Gasteiger partial charge >= 0.3 is 0 Å². The van der Waals surface area contributed by atoms with Crippen LogP contribution < -0.4 is 19.7 Å². The number of hydrogen-bond donors (Lipinski definition) is 2. The first-order valence-corrected chi connectivity index (χ1v) is 18.9. The third-order valence-electron chi connectivity index (χ3n) is 8.20. The van der Waals surface area contributed by atoms with E-state index in [2.05, 4.69) is 42.9 Å². The summed E-state index contributed by atoms with van der Waals surface area (Å²) in [5.41, 5.74) is 6.02. The number of carbonyl (C=O) groups is 2. The number of ether oxygens (including phenoxy) is 1. The molecule has 0 spiro atoms. The molecule has 0 radical (unpaired) electrons. The van der Waals surface area contributed by atoms with Crippen LogP contribution in [0.15, 0.2) is 106 Å². The molecular weight excluding hydrogens is 767 g/mol. The number of alkyl halides is 1. The highest BCUT2D eigenvalue weighted by Gasteiger charge is 2.22. The molecule has 50 heavy (non-hydrogen) atoms. The van der Waals surface area contributed by atoms with Gasteiger partial charge in [-0.25, -0.2) is 13.1 Å². The molecule has 0 atom stereocenters. The Morgan fingerprint density at radius 3 is 2.12 bits per heavy atom. The van der Waals surface area contributed by atoms with Crippen molar-refractivity contribution in [2.75, 3.05) is 39.2 Å². The third-order valence-corrected chi connectivity index (χ3v) is 10.6. The minimum Gasteiger partial charge on any atom is -0.497 e. The lowest BCUT2D eigenvalue weighted by Crippen LogP contribution is -2.30. The van der Waals surface area contributed by atoms with E-state index in [9.17, 15) is 18.0 Å². The van der Waals surface area contributed by atoms with Crippen LogP contribution in [0, 0.1) is 6.92 Å². The Labute approximate surface area is 305 Å². The molecule has 11 nitrogen and oxygen atoms in total. The topological polar surface area (TPSA) is 134 Å². The fourth-order valence-corrected chi connectivity index (χ4v) is 6.98. The van der Waals surface area contributed by atoms with Gasteiger partial charge in [0.05, 0.1) is 35.3 Å². The fourth-order valence-electron chi connectivity index (χ4n) is 5.39. The lowest BCUT2D eigenvalue weighted by atomic mass is 10.1. The van der Waals surface area contributed by atoms with Gasteiger partial charge in [0.15, 0.2) is 0 Å². The highest BCUT2D eigenvalue weighted by molar-refractivity contribution is 14.1. The average molecular weight is 807 g/mol. The van der Waals surface area contributed by atoms with Crippen molar-refractivity contribution in [2.45, 2.75) is 29.1 Å². The molecule has 260 valence electrons. The molecule has 0 aliphatic heterocycles. The van der Waals surface area contributed by atoms with Crippen LogP contribution in [0.3, 0.4) is 0 Å². The van der Waals surface area contributed by atoms with Gasteiger partial charge < -0.3 is 15.0 Å². The van der Waals surface area contributed by atoms with E-state index in [4.69, 9.17) is 4.74 Å². The zero-order chi connectivity index (χ0) is 35.8. The molecule has 5 aromatic rings. The summed E-state index contributed by atoms with van der Waals surface area (Å²) in [6.07, 6.45) is 0.421. The number of hydrogen-bond acceptors (Lipinski definition) is 8. The summed E-state index contributed by atoms with van der Waals surface area (Å²) in [5, 5.41) is 12.1. The van der Waals surface area contributed by atoms with Gasteiger partial charge in [0.1, 0.15) is 5.75 Å². The van der Waals surface area contributed by atoms with Gasteiger partial charge in [0.25, 0.3) is 5.91 Å². The van der Waals surface area contributed by atoms with E-state index in [0.717, 1.165) is 26.6 Å². The van der Waals surface area contributed by atoms with Crippen molar-refractivity contribution in [1.82, 2.24) is 14.6 Å². The summed E-state index contributed by atoms with van der Waals surface area (Å²) in [5.74, 6) is 0.198. The fraction of sp³-hybridized carbons (Fsp3) is 0.243. The predicted molar refractivity (Wildman–Crippen MR) is 205 cm³/mol. The van der Waals surface area contributed by atoms with Gasteiger partial charge in [0, 0.05) is 53.9 Å². The normalized spacial score (nSPS) is 11.6. The van der Waals surface area contributed by atoms with Crippen molar-refractivity contribution >= 4 is 72.4 Å². The number of benzene rings is 4. The molecule has 0 saturated carbocycles. The molecule has 0 saturated heterocycles. The molecule has 13 heteroatoms. The first kappa shape index (κ1) is 36.7. The van der Waals surface area contributed by atoms with Crippen LogP contribution >= 0.6 is 22.6 Å². The maximum Gasteiger partial charge on any atom is 0.262 e. The standard InChI is InChI=1S/C37H39IN6O5S/c1-25-33(34-22-31(49-4)16-19-35(34)44(25)37(46)27-8-6-26(24-38)7-9-27)23-36(45)39-20-5-21-40-50(47,48)32-17-12-29(13-18-32)42-41-28-10-14-30(15-11-28)43(2)3/h6-19,22,40H,5,20-21,23-24H2,1-4H3,(H,39,45). The van der Waals surface area contributed by atoms with Crippen molar-refractivity contribution in [3.63, 3.8) is 0 Å². The smallest absolute Gasteiger partial charge is 0.262 e. The Balaban J connectivity index is 1.16. The number of halogens is 1. The van der Waals surface area contributed by atoms with Crippen molar-refractivity contribution < 1.29 is 22.7 Å². The number of rotatable bonds is 14. The number of methoxy groups -OCH3 is 1. The van der Waals surface area contributed by atoms with Gasteiger partial charge in [0.2, 0.25) is 15.9 Å². The first-order chi connectivity index (χ1) is 24.0. The number of nitrogens with one attached hydrogen (secondary N) is 2. The second-order valence-corrected chi connectivity index (χ2v) is 14.3. The Kier molecular flexibility index (Phi) is 12.0. The summed E-state index contributed by atoms with van der Waals surface area (Å²) < 4.78 is 36.2. The van der Waals surface area contributed by atoms with Crippen molar-refractivity contribution in [1.29, 1.82) is 0 Å². The number of nitrogens with zero attached hydrogens (tertiary/aromatic N) is 4. The zero-order valence-corrected chi connectivity index (χ0v) is 31.3. The minimum atomic E-state index is -3.76. The van der Waals surface area contributed by atoms with Crippen LogP contribution in [-0.4, -0.2) is 59.1 Å². The van der Waals surface area contributed by atoms with E-state index in [1.54, 1.807) is 29.9 Å². The van der Waals surface area contributed by atoms with Gasteiger partial charge in [-0.3, -0.25) is 14.2 Å². The Morgan fingerprint density at radius 1 is 0.880 bits per heavy atom. The second kappa shape index (κ2) is 16.4. The maximum atomic E-state index is 13.7. The Hall–Kier alpha value is -4.60. The highest BCUT2D eigenvalue weighted by Crippen LogP contribution is 2.31. The van der Waals surface area contributed by atoms with Gasteiger partial charge in [-0.05, 0) is 103 Å². The van der Waals surface area contributed by atoms with Crippen molar-refractivity contribution in [3.8, 4) is 5.75 Å². The lowest BCUT2D eigenvalue weighted by molar-refractivity contribution is -0.120. The molecule has 2 N–H and O–H groups in total. The van der Waals surface area contributed by atoms with E-state index in [0.29, 0.717) is 40.3 Å². The van der Waals surface area contributed by atoms with E-state index in [1.807, 2.05) is 86.6 Å². The number of aromatic nitrogens is 1. The van der Waals surface area contributed by atoms with Crippen LogP contribution in [0.1, 0.15) is 33.6 Å². The Morgan fingerprint density at radius 2 is 1.52 bits per heavy atom. The molecule has 0 aliphatic carbocycles. The zero-order valence-electron chi connectivity index (χ0n) is 28.3. The molecule has 1 aromatic heterocycles. The molecule has 1 heterocycles. The summed E-state index contributed by atoms with van der Waals surface area (Å²) in [4.78, 5) is 28.8. The van der Waals surface area contributed by atoms with Gasteiger partial charge in [-0.2, -0.15) is 10.2 Å². The molecule has 0 fully saturated rings. The molecule has 0 unspecified atom stereocenters. The van der Waals surface area contributed by atoms with Crippen LogP contribution in [0.5, 0.6) is 5.75 Å². The van der Waals surface area contributed by atoms with E-state index < -0.39 is 10.0 Å². The minimum absolute atomic E-state index is 0.0420. The van der Waals surface area contributed by atoms with Crippen LogP contribution in [-0.2, 0) is 25.7 Å². The van der Waals surface area contributed by atoms with Crippen molar-refractivity contribution in [3.05, 3.63) is 113 Å². The van der Waals surface area contributed by atoms with Crippen LogP contribution in [0.4, 0.5) is 17.1 Å². The molecule has 1 amide bonds. The predicted octanol–water partition coefficient (Wildman–Crippen LogP) is 7.09. The lowest BCUT2D eigenvalue weighted by Gasteiger charge is -2.11. The average Bonchev–Trinajstić information content (AvgIpc) is 3.39. The Bertz CT molecular complexity index is 2110. The number of azo groups is 1. The number of amides is 1.